The molecule has 1 aliphatic heterocycles. The summed E-state index contributed by atoms with van der Waals surface area (Å²) in [6, 6.07) is -1.06. The van der Waals surface area contributed by atoms with E-state index in [0.29, 0.717) is 0 Å². The fourth-order valence-corrected chi connectivity index (χ4v) is 2.69. The summed E-state index contributed by atoms with van der Waals surface area (Å²) in [6.45, 7) is 4.27. The van der Waals surface area contributed by atoms with Crippen LogP contribution >= 0.6 is 0 Å². The topological polar surface area (TPSA) is 175 Å². The lowest BCUT2D eigenvalue weighted by molar-refractivity contribution is -0.277. The minimum absolute atomic E-state index is 0.0244. The Morgan fingerprint density at radius 3 is 2.17 bits per heavy atom. The zero-order chi connectivity index (χ0) is 22.0. The molecule has 0 aromatic rings. The fraction of sp³-hybridized carbons (Fsp3) is 0.750. The molecule has 1 heterocycles. The first kappa shape index (κ1) is 24.1. The molecule has 162 valence electrons. The van der Waals surface area contributed by atoms with Gasteiger partial charge in [-0.1, -0.05) is 5.11 Å². The van der Waals surface area contributed by atoms with Gasteiger partial charge in [-0.15, -0.1) is 0 Å². The molecule has 13 heteroatoms. The third-order valence-corrected chi connectivity index (χ3v) is 3.61. The van der Waals surface area contributed by atoms with Crippen molar-refractivity contribution in [3.63, 3.8) is 0 Å². The summed E-state index contributed by atoms with van der Waals surface area (Å²) in [5, 5.41) is 5.88. The molecule has 1 rings (SSSR count). The van der Waals surface area contributed by atoms with Crippen molar-refractivity contribution in [3.8, 4) is 0 Å². The van der Waals surface area contributed by atoms with Crippen LogP contribution in [0.4, 0.5) is 0 Å². The molecule has 0 aromatic carbocycles. The maximum absolute atomic E-state index is 11.7. The molecule has 13 nitrogen and oxygen atoms in total. The van der Waals surface area contributed by atoms with E-state index >= 15 is 0 Å². The van der Waals surface area contributed by atoms with Crippen LogP contribution in [0, 0.1) is 0 Å². The Labute approximate surface area is 166 Å². The Morgan fingerprint density at radius 1 is 1.03 bits per heavy atom. The van der Waals surface area contributed by atoms with Crippen molar-refractivity contribution in [2.45, 2.75) is 58.3 Å². The number of hydrogen-bond donors (Lipinski definition) is 1. The molecule has 29 heavy (non-hydrogen) atoms. The van der Waals surface area contributed by atoms with Crippen LogP contribution in [0.15, 0.2) is 5.11 Å². The lowest BCUT2D eigenvalue weighted by Crippen LogP contribution is -2.66. The largest absolute Gasteiger partial charge is 0.463 e. The number of hydrogen-bond acceptors (Lipinski definition) is 10. The standard InChI is InChI=1S/C16H24N4O9/c1-8(21)19-13-15(28-11(4)24)14(27-10(3)23)12(7-26-9(2)22)29-16(13)25-6-5-18-20-17/h12-16H,5-7H2,1-4H3,(H,19,21)/t12-,13-,14+,15-,16-/m1/s1. The van der Waals surface area contributed by atoms with E-state index in [1.165, 1.54) is 13.8 Å². The number of amides is 1. The molecule has 5 atom stereocenters. The van der Waals surface area contributed by atoms with Crippen molar-refractivity contribution < 1.29 is 42.9 Å². The SMILES string of the molecule is CC(=O)N[C@H]1[C@H](OCCN=[N+]=[N-])O[C@H](COC(C)=O)[C@H](OC(C)=O)[C@@H]1OC(C)=O. The molecule has 0 aliphatic carbocycles. The van der Waals surface area contributed by atoms with Gasteiger partial charge in [-0.25, -0.2) is 0 Å². The number of carbonyl (C=O) groups is 4. The third kappa shape index (κ3) is 8.34. The minimum Gasteiger partial charge on any atom is -0.463 e. The summed E-state index contributed by atoms with van der Waals surface area (Å²) in [6.07, 6.45) is -4.62. The molecule has 1 aliphatic rings. The Hall–Kier alpha value is -2.89. The third-order valence-electron chi connectivity index (χ3n) is 3.61. The normalized spacial score (nSPS) is 25.9. The highest BCUT2D eigenvalue weighted by Gasteiger charge is 2.51. The number of nitrogens with zero attached hydrogens (tertiary/aromatic N) is 3. The molecule has 0 radical (unpaired) electrons. The Morgan fingerprint density at radius 2 is 1.66 bits per heavy atom. The maximum atomic E-state index is 11.7. The molecule has 0 bridgehead atoms. The minimum atomic E-state index is -1.20. The molecule has 0 spiro atoms. The number of ether oxygens (including phenoxy) is 5. The molecule has 0 aromatic heterocycles. The van der Waals surface area contributed by atoms with Crippen LogP contribution in [0.25, 0.3) is 10.4 Å². The Balaban J connectivity index is 3.22. The number of rotatable bonds is 9. The number of esters is 3. The van der Waals surface area contributed by atoms with E-state index in [2.05, 4.69) is 15.3 Å². The van der Waals surface area contributed by atoms with E-state index in [1.54, 1.807) is 0 Å². The number of azide groups is 1. The predicted octanol–water partition coefficient (Wildman–Crippen LogP) is -0.0306. The van der Waals surface area contributed by atoms with Crippen molar-refractivity contribution in [3.05, 3.63) is 10.4 Å². The average molecular weight is 416 g/mol. The average Bonchev–Trinajstić information content (AvgIpc) is 2.60. The first-order valence-corrected chi connectivity index (χ1v) is 8.68. The zero-order valence-electron chi connectivity index (χ0n) is 16.5. The van der Waals surface area contributed by atoms with E-state index in [9.17, 15) is 19.2 Å². The van der Waals surface area contributed by atoms with Gasteiger partial charge in [-0.3, -0.25) is 19.2 Å². The van der Waals surface area contributed by atoms with Crippen molar-refractivity contribution in [1.82, 2.24) is 5.32 Å². The smallest absolute Gasteiger partial charge is 0.303 e. The lowest BCUT2D eigenvalue weighted by Gasteiger charge is -2.44. The summed E-state index contributed by atoms with van der Waals surface area (Å²) in [5.41, 5.74) is 8.36. The van der Waals surface area contributed by atoms with Crippen molar-refractivity contribution >= 4 is 23.8 Å². The highest BCUT2D eigenvalue weighted by Crippen LogP contribution is 2.28. The van der Waals surface area contributed by atoms with Gasteiger partial charge in [0.25, 0.3) is 0 Å². The first-order chi connectivity index (χ1) is 13.6. The highest BCUT2D eigenvalue weighted by molar-refractivity contribution is 5.73. The summed E-state index contributed by atoms with van der Waals surface area (Å²) in [4.78, 5) is 48.7. The van der Waals surface area contributed by atoms with Crippen LogP contribution in [-0.4, -0.2) is 74.2 Å². The predicted molar refractivity (Wildman–Crippen MR) is 94.0 cm³/mol. The Kier molecular flexibility index (Phi) is 9.86. The lowest BCUT2D eigenvalue weighted by atomic mass is 9.96. The van der Waals surface area contributed by atoms with Gasteiger partial charge in [0.15, 0.2) is 18.5 Å². The molecule has 0 saturated carbocycles. The van der Waals surface area contributed by atoms with Crippen LogP contribution in [0.5, 0.6) is 0 Å². The summed E-state index contributed by atoms with van der Waals surface area (Å²) >= 11 is 0. The van der Waals surface area contributed by atoms with E-state index in [0.717, 1.165) is 13.8 Å². The second kappa shape index (κ2) is 11.8. The quantitative estimate of drug-likeness (QED) is 0.135. The summed E-state index contributed by atoms with van der Waals surface area (Å²) in [7, 11) is 0. The van der Waals surface area contributed by atoms with Gasteiger partial charge in [0.05, 0.1) is 6.61 Å². The van der Waals surface area contributed by atoms with Gasteiger partial charge in [0, 0.05) is 39.2 Å². The van der Waals surface area contributed by atoms with Gasteiger partial charge >= 0.3 is 17.9 Å². The highest BCUT2D eigenvalue weighted by atomic mass is 16.7. The van der Waals surface area contributed by atoms with Gasteiger partial charge < -0.3 is 29.0 Å². The van der Waals surface area contributed by atoms with Crippen molar-refractivity contribution in [2.24, 2.45) is 5.11 Å². The van der Waals surface area contributed by atoms with Crippen LogP contribution in [-0.2, 0) is 42.9 Å². The van der Waals surface area contributed by atoms with E-state index < -0.39 is 54.5 Å². The van der Waals surface area contributed by atoms with Gasteiger partial charge in [-0.05, 0) is 5.53 Å². The maximum Gasteiger partial charge on any atom is 0.303 e. The zero-order valence-corrected chi connectivity index (χ0v) is 16.5. The van der Waals surface area contributed by atoms with E-state index in [4.69, 9.17) is 29.2 Å². The monoisotopic (exact) mass is 416 g/mol. The van der Waals surface area contributed by atoms with Crippen LogP contribution in [0.2, 0.25) is 0 Å². The fourth-order valence-electron chi connectivity index (χ4n) is 2.69. The first-order valence-electron chi connectivity index (χ1n) is 8.68. The van der Waals surface area contributed by atoms with Gasteiger partial charge in [-0.2, -0.15) is 0 Å². The van der Waals surface area contributed by atoms with Crippen LogP contribution < -0.4 is 5.32 Å². The molecule has 1 saturated heterocycles. The molecule has 1 N–H and O–H groups in total. The van der Waals surface area contributed by atoms with Gasteiger partial charge in [0.1, 0.15) is 18.8 Å². The molecular weight excluding hydrogens is 392 g/mol. The molecule has 0 unspecified atom stereocenters. The Bertz CT molecular complexity index is 665. The molecule has 1 amide bonds. The van der Waals surface area contributed by atoms with E-state index in [-0.39, 0.29) is 19.8 Å². The number of nitrogens with one attached hydrogen (secondary N) is 1. The molecular formula is C16H24N4O9. The van der Waals surface area contributed by atoms with E-state index in [1.807, 2.05) is 0 Å². The van der Waals surface area contributed by atoms with Crippen molar-refractivity contribution in [1.29, 1.82) is 0 Å². The molecule has 1 fully saturated rings. The summed E-state index contributed by atoms with van der Waals surface area (Å²) in [5.74, 6) is -2.50. The van der Waals surface area contributed by atoms with Crippen LogP contribution in [0.3, 0.4) is 0 Å². The van der Waals surface area contributed by atoms with Crippen LogP contribution in [0.1, 0.15) is 27.7 Å². The second-order valence-corrected chi connectivity index (χ2v) is 6.05. The van der Waals surface area contributed by atoms with Crippen molar-refractivity contribution in [2.75, 3.05) is 19.8 Å². The summed E-state index contributed by atoms with van der Waals surface area (Å²) < 4.78 is 26.8. The number of carbonyl (C=O) groups excluding carboxylic acids is 4. The second-order valence-electron chi connectivity index (χ2n) is 6.05. The van der Waals surface area contributed by atoms with Gasteiger partial charge in [0.2, 0.25) is 5.91 Å².